The Kier molecular flexibility index (Phi) is 5.28. The van der Waals surface area contributed by atoms with Crippen molar-refractivity contribution in [3.63, 3.8) is 0 Å². The first kappa shape index (κ1) is 15.9. The molecule has 0 spiro atoms. The number of ether oxygens (including phenoxy) is 2. The van der Waals surface area contributed by atoms with Crippen molar-refractivity contribution in [2.45, 2.75) is 13.2 Å². The van der Waals surface area contributed by atoms with E-state index in [4.69, 9.17) is 38.4 Å². The number of benzene rings is 2. The van der Waals surface area contributed by atoms with E-state index in [0.29, 0.717) is 26.9 Å². The zero-order valence-corrected chi connectivity index (χ0v) is 12.8. The maximum absolute atomic E-state index is 13.6. The standard InChI is InChI=1S/C15H14Cl2FNO2/c1-20-14-3-2-9(4-13(14)18)8-21-15-10(7-19)5-11(16)6-12(15)17/h2-6H,7-8,19H2,1H3. The van der Waals surface area contributed by atoms with Gasteiger partial charge in [0, 0.05) is 17.1 Å². The van der Waals surface area contributed by atoms with Gasteiger partial charge in [0.1, 0.15) is 12.4 Å². The van der Waals surface area contributed by atoms with Crippen molar-refractivity contribution in [1.82, 2.24) is 0 Å². The van der Waals surface area contributed by atoms with Crippen molar-refractivity contribution in [2.75, 3.05) is 7.11 Å². The predicted octanol–water partition coefficient (Wildman–Crippen LogP) is 4.18. The Morgan fingerprint density at radius 2 is 1.95 bits per heavy atom. The van der Waals surface area contributed by atoms with Gasteiger partial charge in [-0.05, 0) is 29.8 Å². The molecule has 0 amide bonds. The van der Waals surface area contributed by atoms with E-state index in [1.807, 2.05) is 0 Å². The van der Waals surface area contributed by atoms with Gasteiger partial charge < -0.3 is 15.2 Å². The van der Waals surface area contributed by atoms with Gasteiger partial charge in [0.15, 0.2) is 11.6 Å². The summed E-state index contributed by atoms with van der Waals surface area (Å²) in [6.07, 6.45) is 0. The van der Waals surface area contributed by atoms with E-state index < -0.39 is 5.82 Å². The van der Waals surface area contributed by atoms with Gasteiger partial charge in [-0.1, -0.05) is 29.3 Å². The van der Waals surface area contributed by atoms with Crippen molar-refractivity contribution < 1.29 is 13.9 Å². The Morgan fingerprint density at radius 3 is 2.57 bits per heavy atom. The van der Waals surface area contributed by atoms with Crippen LogP contribution in [-0.4, -0.2) is 7.11 Å². The van der Waals surface area contributed by atoms with Crippen LogP contribution in [0.1, 0.15) is 11.1 Å². The van der Waals surface area contributed by atoms with E-state index in [1.165, 1.54) is 13.2 Å². The van der Waals surface area contributed by atoms with Gasteiger partial charge in [-0.2, -0.15) is 0 Å². The summed E-state index contributed by atoms with van der Waals surface area (Å²) in [4.78, 5) is 0. The number of halogens is 3. The lowest BCUT2D eigenvalue weighted by Crippen LogP contribution is -2.04. The Labute approximate surface area is 132 Å². The summed E-state index contributed by atoms with van der Waals surface area (Å²) in [6.45, 7) is 0.405. The third-order valence-corrected chi connectivity index (χ3v) is 3.40. The molecule has 2 aromatic carbocycles. The molecule has 0 saturated carbocycles. The van der Waals surface area contributed by atoms with E-state index in [1.54, 1.807) is 24.3 Å². The molecule has 0 saturated heterocycles. The third-order valence-electron chi connectivity index (χ3n) is 2.90. The number of nitrogens with two attached hydrogens (primary N) is 1. The van der Waals surface area contributed by atoms with Crippen LogP contribution in [0.3, 0.4) is 0 Å². The van der Waals surface area contributed by atoms with Gasteiger partial charge in [-0.3, -0.25) is 0 Å². The van der Waals surface area contributed by atoms with Gasteiger partial charge in [0.25, 0.3) is 0 Å². The Balaban J connectivity index is 2.18. The average Bonchev–Trinajstić information content (AvgIpc) is 2.45. The molecule has 0 aliphatic carbocycles. The topological polar surface area (TPSA) is 44.5 Å². The van der Waals surface area contributed by atoms with Crippen molar-refractivity contribution >= 4 is 23.2 Å². The van der Waals surface area contributed by atoms with E-state index in [0.717, 1.165) is 0 Å². The zero-order valence-electron chi connectivity index (χ0n) is 11.3. The molecule has 2 rings (SSSR count). The van der Waals surface area contributed by atoms with Crippen LogP contribution in [0.5, 0.6) is 11.5 Å². The second-order valence-electron chi connectivity index (χ2n) is 4.34. The smallest absolute Gasteiger partial charge is 0.165 e. The Morgan fingerprint density at radius 1 is 1.19 bits per heavy atom. The second-order valence-corrected chi connectivity index (χ2v) is 5.18. The summed E-state index contributed by atoms with van der Waals surface area (Å²) < 4.78 is 24.1. The Bertz CT molecular complexity index is 650. The molecular formula is C15H14Cl2FNO2. The lowest BCUT2D eigenvalue weighted by Gasteiger charge is -2.13. The summed E-state index contributed by atoms with van der Waals surface area (Å²) in [6, 6.07) is 7.88. The first-order valence-electron chi connectivity index (χ1n) is 6.18. The molecule has 0 aromatic heterocycles. The van der Waals surface area contributed by atoms with Crippen LogP contribution in [0.15, 0.2) is 30.3 Å². The molecule has 0 radical (unpaired) electrons. The highest BCUT2D eigenvalue weighted by Crippen LogP contribution is 2.33. The molecule has 0 bridgehead atoms. The SMILES string of the molecule is COc1ccc(COc2c(Cl)cc(Cl)cc2CN)cc1F. The molecule has 0 fully saturated rings. The lowest BCUT2D eigenvalue weighted by atomic mass is 10.2. The molecule has 0 aliphatic heterocycles. The molecule has 0 heterocycles. The fraction of sp³-hybridized carbons (Fsp3) is 0.200. The van der Waals surface area contributed by atoms with Crippen LogP contribution in [0, 0.1) is 5.82 Å². The van der Waals surface area contributed by atoms with E-state index >= 15 is 0 Å². The minimum absolute atomic E-state index is 0.162. The van der Waals surface area contributed by atoms with Crippen LogP contribution in [-0.2, 0) is 13.2 Å². The zero-order chi connectivity index (χ0) is 15.4. The molecule has 3 nitrogen and oxygen atoms in total. The van der Waals surface area contributed by atoms with Crippen LogP contribution >= 0.6 is 23.2 Å². The maximum Gasteiger partial charge on any atom is 0.165 e. The first-order chi connectivity index (χ1) is 10.0. The van der Waals surface area contributed by atoms with Gasteiger partial charge in [0.05, 0.1) is 12.1 Å². The fourth-order valence-corrected chi connectivity index (χ4v) is 2.47. The highest BCUT2D eigenvalue weighted by molar-refractivity contribution is 6.35. The molecule has 2 aromatic rings. The van der Waals surface area contributed by atoms with Crippen LogP contribution in [0.4, 0.5) is 4.39 Å². The van der Waals surface area contributed by atoms with Gasteiger partial charge in [0.2, 0.25) is 0 Å². The highest BCUT2D eigenvalue weighted by atomic mass is 35.5. The molecular weight excluding hydrogens is 316 g/mol. The lowest BCUT2D eigenvalue weighted by molar-refractivity contribution is 0.302. The Hall–Kier alpha value is -1.49. The minimum atomic E-state index is -0.445. The normalized spacial score (nSPS) is 10.5. The summed E-state index contributed by atoms with van der Waals surface area (Å²) >= 11 is 12.0. The van der Waals surface area contributed by atoms with E-state index in [-0.39, 0.29) is 18.9 Å². The summed E-state index contributed by atoms with van der Waals surface area (Å²) in [5, 5.41) is 0.861. The van der Waals surface area contributed by atoms with Crippen molar-refractivity contribution in [1.29, 1.82) is 0 Å². The largest absolute Gasteiger partial charge is 0.494 e. The highest BCUT2D eigenvalue weighted by Gasteiger charge is 2.11. The second kappa shape index (κ2) is 6.98. The van der Waals surface area contributed by atoms with Crippen molar-refractivity contribution in [2.24, 2.45) is 5.73 Å². The van der Waals surface area contributed by atoms with Crippen LogP contribution < -0.4 is 15.2 Å². The first-order valence-corrected chi connectivity index (χ1v) is 6.94. The molecule has 0 unspecified atom stereocenters. The van der Waals surface area contributed by atoms with Crippen molar-refractivity contribution in [3.8, 4) is 11.5 Å². The van der Waals surface area contributed by atoms with Crippen molar-refractivity contribution in [3.05, 3.63) is 57.3 Å². The average molecular weight is 330 g/mol. The number of methoxy groups -OCH3 is 1. The molecule has 6 heteroatoms. The van der Waals surface area contributed by atoms with Gasteiger partial charge in [-0.25, -0.2) is 4.39 Å². The predicted molar refractivity (Wildman–Crippen MR) is 81.6 cm³/mol. The van der Waals surface area contributed by atoms with E-state index in [2.05, 4.69) is 0 Å². The number of hydrogen-bond acceptors (Lipinski definition) is 3. The fourth-order valence-electron chi connectivity index (χ4n) is 1.88. The number of rotatable bonds is 5. The van der Waals surface area contributed by atoms with Gasteiger partial charge in [-0.15, -0.1) is 0 Å². The molecule has 0 aliphatic rings. The summed E-state index contributed by atoms with van der Waals surface area (Å²) in [5.74, 6) is 0.200. The molecule has 2 N–H and O–H groups in total. The molecule has 21 heavy (non-hydrogen) atoms. The quantitative estimate of drug-likeness (QED) is 0.894. The summed E-state index contributed by atoms with van der Waals surface area (Å²) in [7, 11) is 1.41. The third kappa shape index (κ3) is 3.79. The summed E-state index contributed by atoms with van der Waals surface area (Å²) in [5.41, 5.74) is 7.00. The van der Waals surface area contributed by atoms with E-state index in [9.17, 15) is 4.39 Å². The molecule has 112 valence electrons. The monoisotopic (exact) mass is 329 g/mol. The van der Waals surface area contributed by atoms with Gasteiger partial charge >= 0.3 is 0 Å². The number of hydrogen-bond donors (Lipinski definition) is 1. The minimum Gasteiger partial charge on any atom is -0.494 e. The molecule has 0 atom stereocenters. The maximum atomic E-state index is 13.6. The van der Waals surface area contributed by atoms with Crippen LogP contribution in [0.25, 0.3) is 0 Å². The van der Waals surface area contributed by atoms with Crippen LogP contribution in [0.2, 0.25) is 10.0 Å².